The van der Waals surface area contributed by atoms with Crippen molar-refractivity contribution in [3.05, 3.63) is 81.8 Å². The lowest BCUT2D eigenvalue weighted by molar-refractivity contribution is 0.102. The standard InChI is InChI=1S/C22H19BrClNO4/c1-27-21-10-8-16(14-19(21)24)25-22(26)15-7-9-20(18(23)13-15)29-12-11-28-17-5-3-2-4-6-17/h2-10,13-14H,11-12H2,1H3,(H,25,26). The first-order valence-corrected chi connectivity index (χ1v) is 9.99. The first-order chi connectivity index (χ1) is 14.1. The molecule has 3 rings (SSSR count). The number of carbonyl (C=O) groups is 1. The highest BCUT2D eigenvalue weighted by molar-refractivity contribution is 9.10. The summed E-state index contributed by atoms with van der Waals surface area (Å²) in [5.74, 6) is 1.71. The molecule has 0 heterocycles. The van der Waals surface area contributed by atoms with Crippen molar-refractivity contribution >= 4 is 39.1 Å². The fraction of sp³-hybridized carbons (Fsp3) is 0.136. The van der Waals surface area contributed by atoms with Gasteiger partial charge in [0.25, 0.3) is 5.91 Å². The van der Waals surface area contributed by atoms with Gasteiger partial charge in [0.2, 0.25) is 0 Å². The predicted molar refractivity (Wildman–Crippen MR) is 118 cm³/mol. The second kappa shape index (κ2) is 10.2. The maximum absolute atomic E-state index is 12.5. The lowest BCUT2D eigenvalue weighted by atomic mass is 10.2. The van der Waals surface area contributed by atoms with Gasteiger partial charge in [-0.1, -0.05) is 29.8 Å². The smallest absolute Gasteiger partial charge is 0.255 e. The molecular weight excluding hydrogens is 458 g/mol. The third-order valence-corrected chi connectivity index (χ3v) is 4.87. The molecule has 0 saturated heterocycles. The highest BCUT2D eigenvalue weighted by Gasteiger charge is 2.11. The molecule has 0 atom stereocenters. The molecule has 0 saturated carbocycles. The van der Waals surface area contributed by atoms with Gasteiger partial charge in [-0.3, -0.25) is 4.79 Å². The number of hydrogen-bond donors (Lipinski definition) is 1. The molecule has 0 aromatic heterocycles. The second-order valence-electron chi connectivity index (χ2n) is 5.96. The number of methoxy groups -OCH3 is 1. The number of benzene rings is 3. The molecule has 0 spiro atoms. The van der Waals surface area contributed by atoms with Crippen LogP contribution in [0.3, 0.4) is 0 Å². The third kappa shape index (κ3) is 5.89. The molecule has 150 valence electrons. The quantitative estimate of drug-likeness (QED) is 0.416. The summed E-state index contributed by atoms with van der Waals surface area (Å²) in [6, 6.07) is 19.7. The number of anilines is 1. The van der Waals surface area contributed by atoms with Crippen molar-refractivity contribution in [2.45, 2.75) is 0 Å². The summed E-state index contributed by atoms with van der Waals surface area (Å²) in [5, 5.41) is 3.23. The van der Waals surface area contributed by atoms with Gasteiger partial charge in [0.05, 0.1) is 16.6 Å². The van der Waals surface area contributed by atoms with Gasteiger partial charge in [-0.15, -0.1) is 0 Å². The molecule has 1 amide bonds. The molecule has 0 aliphatic carbocycles. The van der Waals surface area contributed by atoms with Crippen molar-refractivity contribution < 1.29 is 19.0 Å². The average Bonchev–Trinajstić information content (AvgIpc) is 2.73. The maximum Gasteiger partial charge on any atom is 0.255 e. The molecule has 0 bridgehead atoms. The minimum absolute atomic E-state index is 0.258. The van der Waals surface area contributed by atoms with Crippen LogP contribution in [0.25, 0.3) is 0 Å². The average molecular weight is 477 g/mol. The fourth-order valence-corrected chi connectivity index (χ4v) is 3.29. The normalized spacial score (nSPS) is 10.3. The Morgan fingerprint density at radius 3 is 2.38 bits per heavy atom. The van der Waals surface area contributed by atoms with Crippen LogP contribution in [0.15, 0.2) is 71.2 Å². The van der Waals surface area contributed by atoms with Gasteiger partial charge in [-0.05, 0) is 64.5 Å². The predicted octanol–water partition coefficient (Wildman–Crippen LogP) is 5.82. The number of carbonyl (C=O) groups excluding carboxylic acids is 1. The second-order valence-corrected chi connectivity index (χ2v) is 7.22. The Morgan fingerprint density at radius 1 is 0.966 bits per heavy atom. The Bertz CT molecular complexity index is 982. The van der Waals surface area contributed by atoms with E-state index in [2.05, 4.69) is 21.2 Å². The molecule has 0 radical (unpaired) electrons. The largest absolute Gasteiger partial charge is 0.495 e. The highest BCUT2D eigenvalue weighted by Crippen LogP contribution is 2.29. The van der Waals surface area contributed by atoms with Crippen molar-refractivity contribution in [2.24, 2.45) is 0 Å². The van der Waals surface area contributed by atoms with Crippen LogP contribution in [0, 0.1) is 0 Å². The fourth-order valence-electron chi connectivity index (χ4n) is 2.53. The Hall–Kier alpha value is -2.70. The summed E-state index contributed by atoms with van der Waals surface area (Å²) in [6.07, 6.45) is 0. The molecule has 0 aliphatic rings. The molecule has 0 unspecified atom stereocenters. The molecule has 5 nitrogen and oxygen atoms in total. The summed E-state index contributed by atoms with van der Waals surface area (Å²) in [4.78, 5) is 12.5. The molecule has 7 heteroatoms. The van der Waals surface area contributed by atoms with Crippen molar-refractivity contribution in [2.75, 3.05) is 25.6 Å². The van der Waals surface area contributed by atoms with Gasteiger partial charge in [0.15, 0.2) is 0 Å². The van der Waals surface area contributed by atoms with Gasteiger partial charge in [-0.25, -0.2) is 0 Å². The minimum Gasteiger partial charge on any atom is -0.495 e. The molecule has 3 aromatic rings. The Morgan fingerprint density at radius 2 is 1.69 bits per heavy atom. The van der Waals surface area contributed by atoms with E-state index in [4.69, 9.17) is 25.8 Å². The number of amides is 1. The van der Waals surface area contributed by atoms with Crippen LogP contribution in [-0.2, 0) is 0 Å². The van der Waals surface area contributed by atoms with Crippen molar-refractivity contribution in [1.29, 1.82) is 0 Å². The van der Waals surface area contributed by atoms with E-state index in [1.54, 1.807) is 36.4 Å². The monoisotopic (exact) mass is 475 g/mol. The lowest BCUT2D eigenvalue weighted by Gasteiger charge is -2.11. The summed E-state index contributed by atoms with van der Waals surface area (Å²) in [5.41, 5.74) is 1.06. The Kier molecular flexibility index (Phi) is 7.38. The van der Waals surface area contributed by atoms with Crippen LogP contribution in [0.5, 0.6) is 17.2 Å². The van der Waals surface area contributed by atoms with Gasteiger partial charge in [-0.2, -0.15) is 0 Å². The van der Waals surface area contributed by atoms with Crippen LogP contribution >= 0.6 is 27.5 Å². The zero-order valence-corrected chi connectivity index (χ0v) is 18.0. The van der Waals surface area contributed by atoms with E-state index < -0.39 is 0 Å². The number of ether oxygens (including phenoxy) is 3. The molecule has 1 N–H and O–H groups in total. The number of para-hydroxylation sites is 1. The zero-order chi connectivity index (χ0) is 20.6. The minimum atomic E-state index is -0.258. The van der Waals surface area contributed by atoms with E-state index in [1.807, 2.05) is 30.3 Å². The van der Waals surface area contributed by atoms with Gasteiger partial charge in [0.1, 0.15) is 30.5 Å². The van der Waals surface area contributed by atoms with E-state index in [0.717, 1.165) is 5.75 Å². The molecule has 29 heavy (non-hydrogen) atoms. The Labute approximate surface area is 182 Å². The zero-order valence-electron chi connectivity index (χ0n) is 15.7. The van der Waals surface area contributed by atoms with Crippen LogP contribution in [-0.4, -0.2) is 26.2 Å². The number of nitrogens with one attached hydrogen (secondary N) is 1. The van der Waals surface area contributed by atoms with Crippen LogP contribution in [0.4, 0.5) is 5.69 Å². The summed E-state index contributed by atoms with van der Waals surface area (Å²) in [7, 11) is 1.54. The SMILES string of the molecule is COc1ccc(NC(=O)c2ccc(OCCOc3ccccc3)c(Br)c2)cc1Cl. The molecule has 0 aliphatic heterocycles. The molecule has 3 aromatic carbocycles. The van der Waals surface area contributed by atoms with Crippen LogP contribution < -0.4 is 19.5 Å². The van der Waals surface area contributed by atoms with Gasteiger partial charge in [0, 0.05) is 11.3 Å². The van der Waals surface area contributed by atoms with E-state index >= 15 is 0 Å². The lowest BCUT2D eigenvalue weighted by Crippen LogP contribution is -2.12. The summed E-state index contributed by atoms with van der Waals surface area (Å²) in [6.45, 7) is 0.792. The van der Waals surface area contributed by atoms with Crippen molar-refractivity contribution in [1.82, 2.24) is 0 Å². The van der Waals surface area contributed by atoms with E-state index in [0.29, 0.717) is 45.5 Å². The first-order valence-electron chi connectivity index (χ1n) is 8.82. The number of halogens is 2. The van der Waals surface area contributed by atoms with E-state index in [1.165, 1.54) is 7.11 Å². The maximum atomic E-state index is 12.5. The van der Waals surface area contributed by atoms with Crippen molar-refractivity contribution in [3.63, 3.8) is 0 Å². The van der Waals surface area contributed by atoms with E-state index in [-0.39, 0.29) is 5.91 Å². The highest BCUT2D eigenvalue weighted by atomic mass is 79.9. The molecular formula is C22H19BrClNO4. The molecule has 0 fully saturated rings. The van der Waals surface area contributed by atoms with Crippen molar-refractivity contribution in [3.8, 4) is 17.2 Å². The Balaban J connectivity index is 1.55. The number of rotatable bonds is 8. The third-order valence-electron chi connectivity index (χ3n) is 3.96. The van der Waals surface area contributed by atoms with E-state index in [9.17, 15) is 4.79 Å². The number of hydrogen-bond acceptors (Lipinski definition) is 4. The summed E-state index contributed by atoms with van der Waals surface area (Å²) >= 11 is 9.54. The summed E-state index contributed by atoms with van der Waals surface area (Å²) < 4.78 is 17.1. The van der Waals surface area contributed by atoms with Crippen LogP contribution in [0.2, 0.25) is 5.02 Å². The van der Waals surface area contributed by atoms with Gasteiger partial charge < -0.3 is 19.5 Å². The first kappa shape index (κ1) is 21.0. The van der Waals surface area contributed by atoms with Gasteiger partial charge >= 0.3 is 0 Å². The topological polar surface area (TPSA) is 56.8 Å². The van der Waals surface area contributed by atoms with Crippen LogP contribution in [0.1, 0.15) is 10.4 Å².